The van der Waals surface area contributed by atoms with Crippen LogP contribution in [0.1, 0.15) is 13.3 Å². The molecule has 24 heavy (non-hydrogen) atoms. The number of carbonyl (C=O) groups excluding carboxylic acids is 2. The fraction of sp³-hybridized carbons (Fsp3) is 0.529. The van der Waals surface area contributed by atoms with Crippen molar-refractivity contribution in [3.63, 3.8) is 0 Å². The minimum Gasteiger partial charge on any atom is -0.479 e. The van der Waals surface area contributed by atoms with E-state index in [1.54, 1.807) is 18.9 Å². The standard InChI is InChI=1S/C17H25N3O4/c1-13-17(22)20(14-5-3-4-6-15(14)24-13)11-7-16(21)19-9-8-18-10-12-23-2/h3-6,13,18H,7-12H2,1-2H3,(H,19,21). The highest BCUT2D eigenvalue weighted by Crippen LogP contribution is 2.33. The van der Waals surface area contributed by atoms with Crippen molar-refractivity contribution >= 4 is 17.5 Å². The first-order valence-electron chi connectivity index (χ1n) is 8.17. The van der Waals surface area contributed by atoms with E-state index in [-0.39, 0.29) is 18.2 Å². The van der Waals surface area contributed by atoms with Crippen LogP contribution in [0.15, 0.2) is 24.3 Å². The van der Waals surface area contributed by atoms with Gasteiger partial charge in [0, 0.05) is 39.7 Å². The van der Waals surface area contributed by atoms with E-state index in [1.165, 1.54) is 0 Å². The lowest BCUT2D eigenvalue weighted by Gasteiger charge is -2.32. The van der Waals surface area contributed by atoms with Gasteiger partial charge in [-0.1, -0.05) is 12.1 Å². The minimum atomic E-state index is -0.534. The van der Waals surface area contributed by atoms with E-state index in [2.05, 4.69) is 10.6 Å². The van der Waals surface area contributed by atoms with Gasteiger partial charge >= 0.3 is 0 Å². The van der Waals surface area contributed by atoms with Crippen molar-refractivity contribution in [3.05, 3.63) is 24.3 Å². The largest absolute Gasteiger partial charge is 0.479 e. The summed E-state index contributed by atoms with van der Waals surface area (Å²) in [5.74, 6) is 0.475. The summed E-state index contributed by atoms with van der Waals surface area (Å²) in [5, 5.41) is 5.99. The van der Waals surface area contributed by atoms with Crippen LogP contribution in [0.2, 0.25) is 0 Å². The maximum absolute atomic E-state index is 12.3. The summed E-state index contributed by atoms with van der Waals surface area (Å²) in [6.45, 7) is 4.69. The smallest absolute Gasteiger partial charge is 0.267 e. The Balaban J connectivity index is 1.78. The Labute approximate surface area is 142 Å². The van der Waals surface area contributed by atoms with Gasteiger partial charge in [-0.25, -0.2) is 0 Å². The van der Waals surface area contributed by atoms with Crippen LogP contribution in [0.5, 0.6) is 5.75 Å². The molecule has 0 spiro atoms. The lowest BCUT2D eigenvalue weighted by Crippen LogP contribution is -2.46. The molecule has 1 unspecified atom stereocenters. The number of benzene rings is 1. The molecule has 7 nitrogen and oxygen atoms in total. The van der Waals surface area contributed by atoms with Crippen LogP contribution in [0, 0.1) is 0 Å². The Bertz CT molecular complexity index is 565. The van der Waals surface area contributed by atoms with Gasteiger partial charge in [-0.3, -0.25) is 9.59 Å². The Kier molecular flexibility index (Phi) is 7.02. The van der Waals surface area contributed by atoms with Crippen LogP contribution in [-0.2, 0) is 14.3 Å². The number of nitrogens with zero attached hydrogens (tertiary/aromatic N) is 1. The van der Waals surface area contributed by atoms with E-state index in [4.69, 9.17) is 9.47 Å². The van der Waals surface area contributed by atoms with Gasteiger partial charge in [0.15, 0.2) is 6.10 Å². The molecule has 1 aliphatic rings. The van der Waals surface area contributed by atoms with Crippen molar-refractivity contribution in [2.75, 3.05) is 44.8 Å². The molecule has 2 amide bonds. The Morgan fingerprint density at radius 3 is 2.88 bits per heavy atom. The molecule has 0 saturated heterocycles. The Hall–Kier alpha value is -2.12. The van der Waals surface area contributed by atoms with E-state index in [9.17, 15) is 9.59 Å². The number of rotatable bonds is 9. The highest BCUT2D eigenvalue weighted by Gasteiger charge is 2.31. The third kappa shape index (κ3) is 4.94. The topological polar surface area (TPSA) is 79.9 Å². The van der Waals surface area contributed by atoms with Crippen LogP contribution in [0.3, 0.4) is 0 Å². The monoisotopic (exact) mass is 335 g/mol. The van der Waals surface area contributed by atoms with Crippen molar-refractivity contribution in [1.29, 1.82) is 0 Å². The van der Waals surface area contributed by atoms with Crippen LogP contribution in [-0.4, -0.2) is 57.8 Å². The first-order chi connectivity index (χ1) is 11.6. The van der Waals surface area contributed by atoms with Gasteiger partial charge in [-0.05, 0) is 19.1 Å². The molecular weight excluding hydrogens is 310 g/mol. The number of methoxy groups -OCH3 is 1. The maximum Gasteiger partial charge on any atom is 0.267 e. The Morgan fingerprint density at radius 2 is 2.08 bits per heavy atom. The molecule has 1 aliphatic heterocycles. The van der Waals surface area contributed by atoms with Crippen LogP contribution in [0.25, 0.3) is 0 Å². The molecule has 0 fully saturated rings. The maximum atomic E-state index is 12.3. The second-order valence-corrected chi connectivity index (χ2v) is 5.56. The van der Waals surface area contributed by atoms with Crippen LogP contribution in [0.4, 0.5) is 5.69 Å². The number of amides is 2. The molecule has 0 bridgehead atoms. The van der Waals surface area contributed by atoms with Crippen molar-refractivity contribution < 1.29 is 19.1 Å². The van der Waals surface area contributed by atoms with E-state index in [0.717, 1.165) is 12.2 Å². The van der Waals surface area contributed by atoms with Gasteiger partial charge in [-0.2, -0.15) is 0 Å². The molecule has 0 radical (unpaired) electrons. The number of ether oxygens (including phenoxy) is 2. The first-order valence-corrected chi connectivity index (χ1v) is 8.17. The van der Waals surface area contributed by atoms with Crippen molar-refractivity contribution in [3.8, 4) is 5.75 Å². The zero-order valence-corrected chi connectivity index (χ0v) is 14.2. The average molecular weight is 335 g/mol. The molecule has 1 atom stereocenters. The lowest BCUT2D eigenvalue weighted by molar-refractivity contribution is -0.125. The second-order valence-electron chi connectivity index (χ2n) is 5.56. The molecule has 2 rings (SSSR count). The van der Waals surface area contributed by atoms with Gasteiger partial charge in [0.05, 0.1) is 12.3 Å². The number of nitrogens with one attached hydrogen (secondary N) is 2. The summed E-state index contributed by atoms with van der Waals surface area (Å²) in [7, 11) is 1.65. The fourth-order valence-electron chi connectivity index (χ4n) is 2.48. The quantitative estimate of drug-likeness (QED) is 0.644. The van der Waals surface area contributed by atoms with Gasteiger partial charge in [-0.15, -0.1) is 0 Å². The van der Waals surface area contributed by atoms with Crippen molar-refractivity contribution in [2.24, 2.45) is 0 Å². The summed E-state index contributed by atoms with van der Waals surface area (Å²) in [6.07, 6.45) is -0.279. The second kappa shape index (κ2) is 9.24. The number of hydrogen-bond acceptors (Lipinski definition) is 5. The number of para-hydroxylation sites is 2. The lowest BCUT2D eigenvalue weighted by atomic mass is 10.1. The molecule has 1 heterocycles. The van der Waals surface area contributed by atoms with E-state index in [1.807, 2.05) is 24.3 Å². The summed E-state index contributed by atoms with van der Waals surface area (Å²) < 4.78 is 10.5. The number of fused-ring (bicyclic) bond motifs is 1. The molecular formula is C17H25N3O4. The molecule has 0 aliphatic carbocycles. The molecule has 0 aromatic heterocycles. The third-order valence-electron chi connectivity index (χ3n) is 3.74. The summed E-state index contributed by atoms with van der Waals surface area (Å²) in [4.78, 5) is 25.9. The minimum absolute atomic E-state index is 0.0760. The van der Waals surface area contributed by atoms with Gasteiger partial charge in [0.2, 0.25) is 5.91 Å². The molecule has 132 valence electrons. The van der Waals surface area contributed by atoms with Gasteiger partial charge in [0.1, 0.15) is 5.75 Å². The van der Waals surface area contributed by atoms with Crippen molar-refractivity contribution in [2.45, 2.75) is 19.4 Å². The first kappa shape index (κ1) is 18.2. The molecule has 0 saturated carbocycles. The fourth-order valence-corrected chi connectivity index (χ4v) is 2.48. The number of carbonyl (C=O) groups is 2. The summed E-state index contributed by atoms with van der Waals surface area (Å²) >= 11 is 0. The summed E-state index contributed by atoms with van der Waals surface area (Å²) in [5.41, 5.74) is 0.717. The zero-order chi connectivity index (χ0) is 17.4. The van der Waals surface area contributed by atoms with Gasteiger partial charge in [0.25, 0.3) is 5.91 Å². The van der Waals surface area contributed by atoms with Crippen LogP contribution < -0.4 is 20.3 Å². The average Bonchev–Trinajstić information content (AvgIpc) is 2.58. The van der Waals surface area contributed by atoms with E-state index < -0.39 is 6.10 Å². The predicted octanol–water partition coefficient (Wildman–Crippen LogP) is 0.543. The van der Waals surface area contributed by atoms with E-state index in [0.29, 0.717) is 32.0 Å². The predicted molar refractivity (Wildman–Crippen MR) is 91.3 cm³/mol. The summed E-state index contributed by atoms with van der Waals surface area (Å²) in [6, 6.07) is 7.38. The molecule has 1 aromatic rings. The van der Waals surface area contributed by atoms with Crippen LogP contribution >= 0.6 is 0 Å². The molecule has 7 heteroatoms. The highest BCUT2D eigenvalue weighted by molar-refractivity contribution is 6.00. The molecule has 1 aromatic carbocycles. The number of anilines is 1. The normalized spacial score (nSPS) is 16.5. The highest BCUT2D eigenvalue weighted by atomic mass is 16.5. The SMILES string of the molecule is COCCNCCNC(=O)CCN1C(=O)C(C)Oc2ccccc21. The molecule has 2 N–H and O–H groups in total. The zero-order valence-electron chi connectivity index (χ0n) is 14.2. The number of hydrogen-bond donors (Lipinski definition) is 2. The van der Waals surface area contributed by atoms with Gasteiger partial charge < -0.3 is 25.0 Å². The third-order valence-corrected chi connectivity index (χ3v) is 3.74. The Morgan fingerprint density at radius 1 is 1.29 bits per heavy atom. The van der Waals surface area contributed by atoms with E-state index >= 15 is 0 Å². The van der Waals surface area contributed by atoms with Crippen molar-refractivity contribution in [1.82, 2.24) is 10.6 Å².